The molecule has 0 spiro atoms. The van der Waals surface area contributed by atoms with Crippen molar-refractivity contribution in [2.45, 2.75) is 6.04 Å². The van der Waals surface area contributed by atoms with E-state index < -0.39 is 0 Å². The normalized spacial score (nSPS) is 21.1. The summed E-state index contributed by atoms with van der Waals surface area (Å²) < 4.78 is 14.5. The first kappa shape index (κ1) is 14.3. The number of hydrogen-bond donors (Lipinski definition) is 2. The molecule has 2 aromatic rings. The number of halogens is 1. The molecule has 0 aromatic carbocycles. The number of rotatable bonds is 2. The molecule has 4 heterocycles. The molecule has 0 amide bonds. The molecule has 1 fully saturated rings. The summed E-state index contributed by atoms with van der Waals surface area (Å²) in [5.41, 5.74) is 4.54. The third-order valence-electron chi connectivity index (χ3n) is 4.36. The van der Waals surface area contributed by atoms with E-state index in [9.17, 15) is 4.39 Å². The number of nitrogens with zero attached hydrogens (tertiary/aromatic N) is 4. The fourth-order valence-corrected chi connectivity index (χ4v) is 3.21. The first-order valence-electron chi connectivity index (χ1n) is 7.80. The van der Waals surface area contributed by atoms with Crippen LogP contribution < -0.4 is 15.6 Å². The molecule has 4 rings (SSSR count). The lowest BCUT2D eigenvalue weighted by Gasteiger charge is -2.29. The average Bonchev–Trinajstić information content (AvgIpc) is 2.92. The Morgan fingerprint density at radius 1 is 1.22 bits per heavy atom. The third kappa shape index (κ3) is 2.51. The Morgan fingerprint density at radius 2 is 2.04 bits per heavy atom. The van der Waals surface area contributed by atoms with E-state index in [0.29, 0.717) is 5.69 Å². The van der Waals surface area contributed by atoms with Gasteiger partial charge >= 0.3 is 0 Å². The van der Waals surface area contributed by atoms with Crippen molar-refractivity contribution in [1.29, 1.82) is 0 Å². The summed E-state index contributed by atoms with van der Waals surface area (Å²) in [5.74, 6) is 1.29. The molecule has 2 aromatic heterocycles. The quantitative estimate of drug-likeness (QED) is 0.874. The highest BCUT2D eigenvalue weighted by atomic mass is 19.1. The predicted octanol–water partition coefficient (Wildman–Crippen LogP) is 1.39. The Hall–Kier alpha value is -2.25. The predicted molar refractivity (Wildman–Crippen MR) is 86.7 cm³/mol. The second-order valence-electron chi connectivity index (χ2n) is 5.84. The van der Waals surface area contributed by atoms with E-state index in [2.05, 4.69) is 25.6 Å². The van der Waals surface area contributed by atoms with Gasteiger partial charge in [0.25, 0.3) is 0 Å². The largest absolute Gasteiger partial charge is 0.354 e. The van der Waals surface area contributed by atoms with Crippen LogP contribution in [0.5, 0.6) is 0 Å². The molecule has 120 valence electrons. The summed E-state index contributed by atoms with van der Waals surface area (Å²) in [6, 6.07) is 6.83. The minimum Gasteiger partial charge on any atom is -0.354 e. The number of anilines is 2. The Morgan fingerprint density at radius 3 is 2.87 bits per heavy atom. The zero-order valence-electron chi connectivity index (χ0n) is 13.0. The Labute approximate surface area is 134 Å². The summed E-state index contributed by atoms with van der Waals surface area (Å²) in [4.78, 5) is 11.1. The molecule has 0 bridgehead atoms. The van der Waals surface area contributed by atoms with Crippen molar-refractivity contribution in [1.82, 2.24) is 20.3 Å². The summed E-state index contributed by atoms with van der Waals surface area (Å²) >= 11 is 0. The summed E-state index contributed by atoms with van der Waals surface area (Å²) in [5, 5.41) is 5.17. The lowest BCUT2D eigenvalue weighted by atomic mass is 10.0. The molecule has 1 unspecified atom stereocenters. The van der Waals surface area contributed by atoms with Gasteiger partial charge in [0.1, 0.15) is 29.2 Å². The molecule has 0 aliphatic carbocycles. The zero-order chi connectivity index (χ0) is 15.8. The van der Waals surface area contributed by atoms with Crippen molar-refractivity contribution in [3.8, 4) is 0 Å². The van der Waals surface area contributed by atoms with Gasteiger partial charge in [-0.05, 0) is 18.2 Å². The Kier molecular flexibility index (Phi) is 3.59. The number of aromatic nitrogens is 2. The first-order chi connectivity index (χ1) is 11.2. The van der Waals surface area contributed by atoms with Crippen LogP contribution in [0.15, 0.2) is 30.5 Å². The van der Waals surface area contributed by atoms with E-state index in [0.717, 1.165) is 43.4 Å². The average molecular weight is 314 g/mol. The molecular formula is C16H19FN6. The molecule has 2 aliphatic heterocycles. The second kappa shape index (κ2) is 5.75. The molecular weight excluding hydrogens is 295 g/mol. The van der Waals surface area contributed by atoms with Crippen LogP contribution in [0.1, 0.15) is 17.3 Å². The standard InChI is InChI=1S/C16H19FN6/c1-22-15(11-3-2-6-19-16(11)21-22)14-12(17)4-5-13(20-14)23-9-7-18-8-10-23/h2-6,15,18H,7-10H2,1H3,(H,19,21). The van der Waals surface area contributed by atoms with Gasteiger partial charge in [-0.3, -0.25) is 0 Å². The number of hydrogen-bond acceptors (Lipinski definition) is 6. The van der Waals surface area contributed by atoms with Gasteiger partial charge in [0.2, 0.25) is 0 Å². The zero-order valence-corrected chi connectivity index (χ0v) is 13.0. The van der Waals surface area contributed by atoms with Crippen molar-refractivity contribution < 1.29 is 4.39 Å². The smallest absolute Gasteiger partial charge is 0.146 e. The third-order valence-corrected chi connectivity index (χ3v) is 4.36. The van der Waals surface area contributed by atoms with Crippen LogP contribution in [-0.4, -0.2) is 48.2 Å². The summed E-state index contributed by atoms with van der Waals surface area (Å²) in [6.45, 7) is 3.61. The van der Waals surface area contributed by atoms with Crippen LogP contribution in [0.25, 0.3) is 0 Å². The molecule has 2 aliphatic rings. The van der Waals surface area contributed by atoms with Crippen molar-refractivity contribution >= 4 is 11.6 Å². The maximum absolute atomic E-state index is 14.5. The van der Waals surface area contributed by atoms with Gasteiger partial charge in [0, 0.05) is 45.0 Å². The number of fused-ring (bicyclic) bond motifs is 1. The molecule has 23 heavy (non-hydrogen) atoms. The van der Waals surface area contributed by atoms with Crippen molar-refractivity contribution in [2.75, 3.05) is 43.6 Å². The molecule has 1 saturated heterocycles. The highest BCUT2D eigenvalue weighted by molar-refractivity contribution is 5.53. The van der Waals surface area contributed by atoms with Crippen LogP contribution in [-0.2, 0) is 0 Å². The SMILES string of the molecule is CN1Nc2ncccc2C1c1nc(N2CCNCC2)ccc1F. The Balaban J connectivity index is 1.73. The first-order valence-corrected chi connectivity index (χ1v) is 7.80. The molecule has 1 atom stereocenters. The van der Waals surface area contributed by atoms with Crippen LogP contribution >= 0.6 is 0 Å². The minimum absolute atomic E-state index is 0.276. The lowest BCUT2D eigenvalue weighted by molar-refractivity contribution is 0.346. The van der Waals surface area contributed by atoms with E-state index in [1.54, 1.807) is 12.3 Å². The second-order valence-corrected chi connectivity index (χ2v) is 5.84. The summed E-state index contributed by atoms with van der Waals surface area (Å²) in [7, 11) is 1.88. The Bertz CT molecular complexity index is 715. The van der Waals surface area contributed by atoms with Crippen LogP contribution in [0.2, 0.25) is 0 Å². The number of piperazine rings is 1. The molecule has 0 radical (unpaired) electrons. The number of hydrazine groups is 1. The van der Waals surface area contributed by atoms with Crippen molar-refractivity contribution in [2.24, 2.45) is 0 Å². The molecule has 0 saturated carbocycles. The van der Waals surface area contributed by atoms with E-state index in [4.69, 9.17) is 0 Å². The monoisotopic (exact) mass is 314 g/mol. The topological polar surface area (TPSA) is 56.3 Å². The van der Waals surface area contributed by atoms with Gasteiger partial charge in [0.15, 0.2) is 0 Å². The van der Waals surface area contributed by atoms with Crippen molar-refractivity contribution in [3.63, 3.8) is 0 Å². The lowest BCUT2D eigenvalue weighted by Crippen LogP contribution is -2.44. The van der Waals surface area contributed by atoms with E-state index in [1.807, 2.05) is 24.2 Å². The summed E-state index contributed by atoms with van der Waals surface area (Å²) in [6.07, 6.45) is 1.73. The maximum atomic E-state index is 14.5. The van der Waals surface area contributed by atoms with Gasteiger partial charge < -0.3 is 15.6 Å². The van der Waals surface area contributed by atoms with Gasteiger partial charge in [-0.1, -0.05) is 6.07 Å². The van der Waals surface area contributed by atoms with Gasteiger partial charge in [-0.25, -0.2) is 19.4 Å². The van der Waals surface area contributed by atoms with Gasteiger partial charge in [-0.2, -0.15) is 0 Å². The van der Waals surface area contributed by atoms with E-state index in [-0.39, 0.29) is 11.9 Å². The fourth-order valence-electron chi connectivity index (χ4n) is 3.21. The maximum Gasteiger partial charge on any atom is 0.146 e. The molecule has 6 nitrogen and oxygen atoms in total. The highest BCUT2D eigenvalue weighted by Crippen LogP contribution is 2.37. The van der Waals surface area contributed by atoms with Crippen LogP contribution in [0.4, 0.5) is 16.0 Å². The van der Waals surface area contributed by atoms with Gasteiger partial charge in [0.05, 0.1) is 0 Å². The molecule has 2 N–H and O–H groups in total. The van der Waals surface area contributed by atoms with E-state index >= 15 is 0 Å². The molecule has 7 heteroatoms. The number of pyridine rings is 2. The minimum atomic E-state index is -0.292. The fraction of sp³-hybridized carbons (Fsp3) is 0.375. The van der Waals surface area contributed by atoms with Crippen molar-refractivity contribution in [3.05, 3.63) is 47.5 Å². The van der Waals surface area contributed by atoms with Gasteiger partial charge in [-0.15, -0.1) is 0 Å². The highest BCUT2D eigenvalue weighted by Gasteiger charge is 2.33. The number of nitrogens with one attached hydrogen (secondary N) is 2. The van der Waals surface area contributed by atoms with Crippen LogP contribution in [0.3, 0.4) is 0 Å². The van der Waals surface area contributed by atoms with E-state index in [1.165, 1.54) is 6.07 Å². The van der Waals surface area contributed by atoms with Crippen LogP contribution in [0, 0.1) is 5.82 Å².